The van der Waals surface area contributed by atoms with Crippen LogP contribution in [0.25, 0.3) is 0 Å². The van der Waals surface area contributed by atoms with Crippen LogP contribution in [0.3, 0.4) is 0 Å². The molecule has 0 atom stereocenters. The fraction of sp³-hybridized carbons (Fsp3) is 0.500. The van der Waals surface area contributed by atoms with Gasteiger partial charge in [-0.1, -0.05) is 19.1 Å². The van der Waals surface area contributed by atoms with Gasteiger partial charge < -0.3 is 10.2 Å². The Labute approximate surface area is 84.2 Å². The first-order chi connectivity index (χ1) is 6.63. The summed E-state index contributed by atoms with van der Waals surface area (Å²) in [6.45, 7) is 2.09. The molecule has 1 aromatic carbocycles. The van der Waals surface area contributed by atoms with E-state index in [0.717, 1.165) is 24.8 Å². The topological polar surface area (TPSA) is 40.5 Å². The minimum absolute atomic E-state index is 0.308. The number of aryl methyl sites for hydroxylation is 1. The van der Waals surface area contributed by atoms with Crippen molar-refractivity contribution in [3.63, 3.8) is 0 Å². The Morgan fingerprint density at radius 2 is 2.07 bits per heavy atom. The van der Waals surface area contributed by atoms with Crippen LogP contribution in [0.2, 0.25) is 0 Å². The molecular weight excluding hydrogens is 176 g/mol. The zero-order valence-electron chi connectivity index (χ0n) is 8.45. The summed E-state index contributed by atoms with van der Waals surface area (Å²) in [5, 5.41) is 19.4. The summed E-state index contributed by atoms with van der Waals surface area (Å²) in [6.07, 6.45) is 3.28. The molecule has 0 bridgehead atoms. The Morgan fingerprint density at radius 3 is 2.64 bits per heavy atom. The number of hydrogen-bond acceptors (Lipinski definition) is 2. The molecule has 76 valence electrons. The summed E-state index contributed by atoms with van der Waals surface area (Å²) in [6, 6.07) is 5.64. The number of rotatable bonds is 3. The number of hydrogen-bond donors (Lipinski definition) is 2. The zero-order valence-corrected chi connectivity index (χ0v) is 8.45. The predicted molar refractivity (Wildman–Crippen MR) is 55.4 cm³/mol. The third-order valence-electron chi connectivity index (χ3n) is 2.90. The van der Waals surface area contributed by atoms with Crippen LogP contribution in [0, 0.1) is 0 Å². The Bertz CT molecular complexity index is 340. The quantitative estimate of drug-likeness (QED) is 0.769. The second kappa shape index (κ2) is 3.28. The van der Waals surface area contributed by atoms with Crippen molar-refractivity contribution in [1.82, 2.24) is 0 Å². The highest BCUT2D eigenvalue weighted by molar-refractivity contribution is 5.37. The van der Waals surface area contributed by atoms with Gasteiger partial charge in [0, 0.05) is 6.42 Å². The van der Waals surface area contributed by atoms with Gasteiger partial charge >= 0.3 is 0 Å². The van der Waals surface area contributed by atoms with E-state index in [2.05, 4.69) is 6.92 Å². The summed E-state index contributed by atoms with van der Waals surface area (Å²) < 4.78 is 0. The van der Waals surface area contributed by atoms with Gasteiger partial charge in [0.25, 0.3) is 0 Å². The van der Waals surface area contributed by atoms with Crippen LogP contribution >= 0.6 is 0 Å². The van der Waals surface area contributed by atoms with Crippen LogP contribution in [0.1, 0.15) is 30.9 Å². The highest BCUT2D eigenvalue weighted by Gasteiger charge is 2.40. The van der Waals surface area contributed by atoms with Gasteiger partial charge in [0.05, 0.1) is 5.60 Å². The van der Waals surface area contributed by atoms with Gasteiger partial charge in [0.2, 0.25) is 0 Å². The molecule has 1 saturated carbocycles. The molecule has 0 aliphatic heterocycles. The van der Waals surface area contributed by atoms with Crippen molar-refractivity contribution in [2.75, 3.05) is 0 Å². The van der Waals surface area contributed by atoms with Gasteiger partial charge in [-0.15, -0.1) is 0 Å². The molecule has 1 aliphatic rings. The molecule has 1 aromatic rings. The molecule has 2 nitrogen and oxygen atoms in total. The van der Waals surface area contributed by atoms with Crippen molar-refractivity contribution in [1.29, 1.82) is 0 Å². The minimum Gasteiger partial charge on any atom is -0.508 e. The van der Waals surface area contributed by atoms with E-state index in [-0.39, 0.29) is 0 Å². The molecule has 0 amide bonds. The summed E-state index contributed by atoms with van der Waals surface area (Å²) in [5.41, 5.74) is 1.57. The van der Waals surface area contributed by atoms with E-state index in [4.69, 9.17) is 0 Å². The molecule has 0 radical (unpaired) electrons. The summed E-state index contributed by atoms with van der Waals surface area (Å²) in [7, 11) is 0. The maximum Gasteiger partial charge on any atom is 0.118 e. The fourth-order valence-electron chi connectivity index (χ4n) is 1.68. The lowest BCUT2D eigenvalue weighted by molar-refractivity contribution is 0.150. The van der Waals surface area contributed by atoms with Crippen LogP contribution < -0.4 is 0 Å². The maximum absolute atomic E-state index is 9.76. The molecule has 1 aliphatic carbocycles. The Hall–Kier alpha value is -1.02. The van der Waals surface area contributed by atoms with Gasteiger partial charge in [0.15, 0.2) is 0 Å². The first-order valence-corrected chi connectivity index (χ1v) is 5.16. The lowest BCUT2D eigenvalue weighted by Gasteiger charge is -2.10. The molecule has 2 heteroatoms. The van der Waals surface area contributed by atoms with Gasteiger partial charge in [0.1, 0.15) is 5.75 Å². The SMILES string of the molecule is CCc1ccc(O)c(CC2(O)CC2)c1. The molecule has 0 aromatic heterocycles. The zero-order chi connectivity index (χ0) is 10.2. The van der Waals surface area contributed by atoms with E-state index in [1.807, 2.05) is 12.1 Å². The van der Waals surface area contributed by atoms with E-state index in [0.29, 0.717) is 12.2 Å². The summed E-state index contributed by atoms with van der Waals surface area (Å²) >= 11 is 0. The average Bonchev–Trinajstić information content (AvgIpc) is 2.88. The second-order valence-electron chi connectivity index (χ2n) is 4.22. The van der Waals surface area contributed by atoms with Crippen LogP contribution in [-0.2, 0) is 12.8 Å². The lowest BCUT2D eigenvalue weighted by atomic mass is 10.0. The number of benzene rings is 1. The molecule has 2 N–H and O–H groups in total. The Morgan fingerprint density at radius 1 is 1.36 bits per heavy atom. The summed E-state index contributed by atoms with van der Waals surface area (Å²) in [4.78, 5) is 0. The number of phenolic OH excluding ortho intramolecular Hbond substituents is 1. The van der Waals surface area contributed by atoms with Crippen LogP contribution in [-0.4, -0.2) is 15.8 Å². The highest BCUT2D eigenvalue weighted by atomic mass is 16.3. The molecule has 2 rings (SSSR count). The number of aromatic hydroxyl groups is 1. The Balaban J connectivity index is 2.22. The van der Waals surface area contributed by atoms with Crippen LogP contribution in [0.5, 0.6) is 5.75 Å². The van der Waals surface area contributed by atoms with Crippen molar-refractivity contribution in [2.24, 2.45) is 0 Å². The lowest BCUT2D eigenvalue weighted by Crippen LogP contribution is -2.10. The smallest absolute Gasteiger partial charge is 0.118 e. The van der Waals surface area contributed by atoms with E-state index >= 15 is 0 Å². The minimum atomic E-state index is -0.524. The predicted octanol–water partition coefficient (Wildman–Crippen LogP) is 2.02. The molecule has 0 unspecified atom stereocenters. The van der Waals surface area contributed by atoms with E-state index in [1.165, 1.54) is 5.56 Å². The van der Waals surface area contributed by atoms with E-state index in [1.54, 1.807) is 6.07 Å². The van der Waals surface area contributed by atoms with Crippen molar-refractivity contribution in [3.05, 3.63) is 29.3 Å². The molecule has 14 heavy (non-hydrogen) atoms. The van der Waals surface area contributed by atoms with Gasteiger partial charge in [-0.2, -0.15) is 0 Å². The fourth-order valence-corrected chi connectivity index (χ4v) is 1.68. The number of phenols is 1. The normalized spacial score (nSPS) is 18.1. The first-order valence-electron chi connectivity index (χ1n) is 5.16. The van der Waals surface area contributed by atoms with E-state index in [9.17, 15) is 10.2 Å². The first kappa shape index (κ1) is 9.53. The van der Waals surface area contributed by atoms with Gasteiger partial charge in [-0.3, -0.25) is 0 Å². The van der Waals surface area contributed by atoms with E-state index < -0.39 is 5.60 Å². The van der Waals surface area contributed by atoms with Gasteiger partial charge in [-0.25, -0.2) is 0 Å². The van der Waals surface area contributed by atoms with Crippen LogP contribution in [0.4, 0.5) is 0 Å². The van der Waals surface area contributed by atoms with Crippen molar-refractivity contribution in [3.8, 4) is 5.75 Å². The van der Waals surface area contributed by atoms with Crippen molar-refractivity contribution >= 4 is 0 Å². The molecule has 0 saturated heterocycles. The second-order valence-corrected chi connectivity index (χ2v) is 4.22. The highest BCUT2D eigenvalue weighted by Crippen LogP contribution is 2.40. The number of aliphatic hydroxyl groups is 1. The van der Waals surface area contributed by atoms with Crippen molar-refractivity contribution in [2.45, 2.75) is 38.2 Å². The Kier molecular flexibility index (Phi) is 2.23. The van der Waals surface area contributed by atoms with Crippen molar-refractivity contribution < 1.29 is 10.2 Å². The third-order valence-corrected chi connectivity index (χ3v) is 2.90. The van der Waals surface area contributed by atoms with Crippen LogP contribution in [0.15, 0.2) is 18.2 Å². The summed E-state index contributed by atoms with van der Waals surface area (Å²) in [5.74, 6) is 0.308. The standard InChI is InChI=1S/C12H16O2/c1-2-9-3-4-11(13)10(7-9)8-12(14)5-6-12/h3-4,7,13-14H,2,5-6,8H2,1H3. The third kappa shape index (κ3) is 1.90. The molecule has 0 spiro atoms. The largest absolute Gasteiger partial charge is 0.508 e. The molecule has 0 heterocycles. The average molecular weight is 192 g/mol. The monoisotopic (exact) mass is 192 g/mol. The maximum atomic E-state index is 9.76. The molecule has 1 fully saturated rings. The molecular formula is C12H16O2. The van der Waals surface area contributed by atoms with Gasteiger partial charge in [-0.05, 0) is 36.5 Å².